The maximum absolute atomic E-state index is 12.6. The molecule has 0 saturated carbocycles. The predicted molar refractivity (Wildman–Crippen MR) is 102 cm³/mol. The molecule has 8 heteroatoms. The quantitative estimate of drug-likeness (QED) is 0.896. The standard InChI is InChI=1S/C19H24N6O2/c1-14-4-5-17(21-12-14)23-19(26)25-10-11-27-16(13-25)15-6-7-20-18(22-15)24-8-2-3-9-24/h4-7,12,16H,2-3,8-11,13H2,1H3,(H,21,23,26). The van der Waals surface area contributed by atoms with Gasteiger partial charge in [0.15, 0.2) is 0 Å². The molecule has 2 aromatic heterocycles. The van der Waals surface area contributed by atoms with Gasteiger partial charge in [0.1, 0.15) is 11.9 Å². The normalized spacial score (nSPS) is 20.0. The first kappa shape index (κ1) is 17.7. The number of carbonyl (C=O) groups excluding carboxylic acids is 1. The summed E-state index contributed by atoms with van der Waals surface area (Å²) in [5, 5.41) is 2.85. The molecule has 4 rings (SSSR count). The number of pyridine rings is 1. The zero-order valence-corrected chi connectivity index (χ0v) is 15.5. The van der Waals surface area contributed by atoms with Crippen LogP contribution >= 0.6 is 0 Å². The molecule has 1 atom stereocenters. The van der Waals surface area contributed by atoms with Gasteiger partial charge in [-0.2, -0.15) is 0 Å². The van der Waals surface area contributed by atoms with Gasteiger partial charge in [-0.05, 0) is 37.5 Å². The molecule has 0 bridgehead atoms. The lowest BCUT2D eigenvalue weighted by atomic mass is 10.2. The van der Waals surface area contributed by atoms with Gasteiger partial charge in [0.25, 0.3) is 0 Å². The first-order chi connectivity index (χ1) is 13.2. The number of aryl methyl sites for hydroxylation is 1. The van der Waals surface area contributed by atoms with Gasteiger partial charge in [-0.1, -0.05) is 6.07 Å². The van der Waals surface area contributed by atoms with Gasteiger partial charge in [-0.15, -0.1) is 0 Å². The Morgan fingerprint density at radius 1 is 1.19 bits per heavy atom. The van der Waals surface area contributed by atoms with E-state index in [9.17, 15) is 4.79 Å². The summed E-state index contributed by atoms with van der Waals surface area (Å²) < 4.78 is 5.88. The van der Waals surface area contributed by atoms with Crippen molar-refractivity contribution in [3.8, 4) is 0 Å². The summed E-state index contributed by atoms with van der Waals surface area (Å²) in [4.78, 5) is 29.8. The number of nitrogens with one attached hydrogen (secondary N) is 1. The number of hydrogen-bond acceptors (Lipinski definition) is 6. The Balaban J connectivity index is 1.42. The van der Waals surface area contributed by atoms with Crippen molar-refractivity contribution in [2.24, 2.45) is 0 Å². The fourth-order valence-electron chi connectivity index (χ4n) is 3.35. The van der Waals surface area contributed by atoms with Crippen molar-refractivity contribution >= 4 is 17.8 Å². The summed E-state index contributed by atoms with van der Waals surface area (Å²) in [6, 6.07) is 5.42. The van der Waals surface area contributed by atoms with Crippen molar-refractivity contribution in [2.45, 2.75) is 25.9 Å². The molecule has 2 saturated heterocycles. The van der Waals surface area contributed by atoms with Crippen LogP contribution < -0.4 is 10.2 Å². The second-order valence-corrected chi connectivity index (χ2v) is 6.93. The predicted octanol–water partition coefficient (Wildman–Crippen LogP) is 2.39. The molecule has 4 heterocycles. The van der Waals surface area contributed by atoms with Crippen molar-refractivity contribution < 1.29 is 9.53 Å². The summed E-state index contributed by atoms with van der Waals surface area (Å²) in [5.41, 5.74) is 1.87. The molecule has 2 aromatic rings. The lowest BCUT2D eigenvalue weighted by Gasteiger charge is -2.32. The van der Waals surface area contributed by atoms with Crippen LogP contribution in [0.15, 0.2) is 30.6 Å². The number of nitrogens with zero attached hydrogens (tertiary/aromatic N) is 5. The van der Waals surface area contributed by atoms with Gasteiger partial charge in [0, 0.05) is 32.0 Å². The maximum atomic E-state index is 12.6. The highest BCUT2D eigenvalue weighted by molar-refractivity contribution is 5.88. The molecule has 1 unspecified atom stereocenters. The van der Waals surface area contributed by atoms with Gasteiger partial charge in [0.05, 0.1) is 18.8 Å². The Bertz CT molecular complexity index is 791. The third-order valence-electron chi connectivity index (χ3n) is 4.88. The number of aromatic nitrogens is 3. The van der Waals surface area contributed by atoms with E-state index in [1.807, 2.05) is 19.1 Å². The molecule has 0 spiro atoms. The highest BCUT2D eigenvalue weighted by atomic mass is 16.5. The zero-order valence-electron chi connectivity index (χ0n) is 15.5. The summed E-state index contributed by atoms with van der Waals surface area (Å²) >= 11 is 0. The van der Waals surface area contributed by atoms with Crippen molar-refractivity contribution in [2.75, 3.05) is 43.0 Å². The van der Waals surface area contributed by atoms with Crippen molar-refractivity contribution in [3.05, 3.63) is 41.9 Å². The monoisotopic (exact) mass is 368 g/mol. The second kappa shape index (κ2) is 7.87. The first-order valence-corrected chi connectivity index (χ1v) is 9.37. The molecule has 142 valence electrons. The van der Waals surface area contributed by atoms with E-state index in [2.05, 4.69) is 25.2 Å². The molecule has 27 heavy (non-hydrogen) atoms. The van der Waals surface area contributed by atoms with Crippen LogP contribution in [0.3, 0.4) is 0 Å². The van der Waals surface area contributed by atoms with E-state index in [4.69, 9.17) is 4.74 Å². The largest absolute Gasteiger partial charge is 0.368 e. The van der Waals surface area contributed by atoms with Crippen LogP contribution in [0.25, 0.3) is 0 Å². The Morgan fingerprint density at radius 3 is 2.81 bits per heavy atom. The highest BCUT2D eigenvalue weighted by Gasteiger charge is 2.27. The number of anilines is 2. The van der Waals surface area contributed by atoms with Crippen LogP contribution in [0.4, 0.5) is 16.6 Å². The first-order valence-electron chi connectivity index (χ1n) is 9.37. The smallest absolute Gasteiger partial charge is 0.323 e. The Hall–Kier alpha value is -2.74. The van der Waals surface area contributed by atoms with E-state index in [-0.39, 0.29) is 12.1 Å². The highest BCUT2D eigenvalue weighted by Crippen LogP contribution is 2.23. The summed E-state index contributed by atoms with van der Waals surface area (Å²) in [6.07, 6.45) is 5.61. The average Bonchev–Trinajstić information content (AvgIpc) is 3.25. The average molecular weight is 368 g/mol. The molecular weight excluding hydrogens is 344 g/mol. The van der Waals surface area contributed by atoms with Crippen LogP contribution in [0.5, 0.6) is 0 Å². The molecule has 0 radical (unpaired) electrons. The molecule has 2 aliphatic heterocycles. The van der Waals surface area contributed by atoms with Crippen LogP contribution in [0.1, 0.15) is 30.2 Å². The Kier molecular flexibility index (Phi) is 5.15. The van der Waals surface area contributed by atoms with Gasteiger partial charge < -0.3 is 14.5 Å². The lowest BCUT2D eigenvalue weighted by Crippen LogP contribution is -2.44. The third-order valence-corrected chi connectivity index (χ3v) is 4.88. The minimum atomic E-state index is -0.250. The molecule has 0 aromatic carbocycles. The van der Waals surface area contributed by atoms with E-state index < -0.39 is 0 Å². The van der Waals surface area contributed by atoms with Crippen LogP contribution in [-0.4, -0.2) is 58.7 Å². The van der Waals surface area contributed by atoms with E-state index >= 15 is 0 Å². The van der Waals surface area contributed by atoms with Gasteiger partial charge >= 0.3 is 6.03 Å². The molecule has 2 fully saturated rings. The number of ether oxygens (including phenoxy) is 1. The molecular formula is C19H24N6O2. The Labute approximate surface area is 158 Å². The number of rotatable bonds is 3. The second-order valence-electron chi connectivity index (χ2n) is 6.93. The molecule has 8 nitrogen and oxygen atoms in total. The van der Waals surface area contributed by atoms with E-state index in [1.54, 1.807) is 23.4 Å². The number of urea groups is 1. The van der Waals surface area contributed by atoms with Crippen LogP contribution in [-0.2, 0) is 4.74 Å². The van der Waals surface area contributed by atoms with Crippen LogP contribution in [0, 0.1) is 6.92 Å². The fourth-order valence-corrected chi connectivity index (χ4v) is 3.35. The molecule has 2 aliphatic rings. The zero-order chi connectivity index (χ0) is 18.6. The van der Waals surface area contributed by atoms with Crippen LogP contribution in [0.2, 0.25) is 0 Å². The van der Waals surface area contributed by atoms with Crippen molar-refractivity contribution in [3.63, 3.8) is 0 Å². The lowest BCUT2D eigenvalue weighted by molar-refractivity contribution is -0.0157. The summed E-state index contributed by atoms with van der Waals surface area (Å²) in [7, 11) is 0. The van der Waals surface area contributed by atoms with Gasteiger partial charge in [-0.3, -0.25) is 5.32 Å². The third kappa shape index (κ3) is 4.16. The van der Waals surface area contributed by atoms with Gasteiger partial charge in [-0.25, -0.2) is 19.7 Å². The topological polar surface area (TPSA) is 83.5 Å². The number of carbonyl (C=O) groups is 1. The van der Waals surface area contributed by atoms with Crippen molar-refractivity contribution in [1.29, 1.82) is 0 Å². The van der Waals surface area contributed by atoms with E-state index in [0.29, 0.717) is 25.5 Å². The maximum Gasteiger partial charge on any atom is 0.323 e. The van der Waals surface area contributed by atoms with E-state index in [1.165, 1.54) is 12.8 Å². The minimum Gasteiger partial charge on any atom is -0.368 e. The Morgan fingerprint density at radius 2 is 2.04 bits per heavy atom. The van der Waals surface area contributed by atoms with E-state index in [0.717, 1.165) is 30.3 Å². The fraction of sp³-hybridized carbons (Fsp3) is 0.474. The molecule has 0 aliphatic carbocycles. The number of morpholine rings is 1. The SMILES string of the molecule is Cc1ccc(NC(=O)N2CCOC(c3ccnc(N4CCCC4)n3)C2)nc1. The number of hydrogen-bond donors (Lipinski definition) is 1. The van der Waals surface area contributed by atoms with Crippen molar-refractivity contribution in [1.82, 2.24) is 19.9 Å². The number of amides is 2. The molecule has 2 amide bonds. The van der Waals surface area contributed by atoms with Gasteiger partial charge in [0.2, 0.25) is 5.95 Å². The minimum absolute atomic E-state index is 0.173. The molecule has 1 N–H and O–H groups in total. The summed E-state index contributed by atoms with van der Waals surface area (Å²) in [5.74, 6) is 1.30. The summed E-state index contributed by atoms with van der Waals surface area (Å²) in [6.45, 7) is 5.41.